The molecule has 1 heterocycles. The van der Waals surface area contributed by atoms with Crippen molar-refractivity contribution in [1.82, 2.24) is 5.32 Å². The van der Waals surface area contributed by atoms with Gasteiger partial charge in [0.2, 0.25) is 0 Å². The molecular weight excluding hydrogens is 382 g/mol. The monoisotopic (exact) mass is 405 g/mol. The summed E-state index contributed by atoms with van der Waals surface area (Å²) in [6.07, 6.45) is 0.449. The van der Waals surface area contributed by atoms with Crippen molar-refractivity contribution < 1.29 is 28.2 Å². The first-order chi connectivity index (χ1) is 13.4. The molecule has 1 atom stereocenters. The maximum Gasteiger partial charge on any atom is 0.407 e. The van der Waals surface area contributed by atoms with Crippen molar-refractivity contribution in [2.24, 2.45) is 0 Å². The van der Waals surface area contributed by atoms with E-state index in [4.69, 9.17) is 9.47 Å². The van der Waals surface area contributed by atoms with E-state index in [0.29, 0.717) is 18.4 Å². The molecule has 0 saturated heterocycles. The molecule has 0 aliphatic carbocycles. The smallest absolute Gasteiger partial charge is 0.407 e. The molecule has 0 saturated carbocycles. The van der Waals surface area contributed by atoms with Crippen LogP contribution in [-0.2, 0) is 16.1 Å². The van der Waals surface area contributed by atoms with E-state index in [9.17, 15) is 18.7 Å². The number of nitrogens with one attached hydrogen (secondary N) is 1. The third-order valence-corrected chi connectivity index (χ3v) is 6.50. The van der Waals surface area contributed by atoms with Gasteiger partial charge in [-0.1, -0.05) is 36.4 Å². The Balaban J connectivity index is 1.78. The van der Waals surface area contributed by atoms with E-state index in [1.807, 2.05) is 30.3 Å². The van der Waals surface area contributed by atoms with Crippen LogP contribution in [0.2, 0.25) is 0 Å². The Morgan fingerprint density at radius 2 is 1.93 bits per heavy atom. The minimum atomic E-state index is -3.07. The van der Waals surface area contributed by atoms with Gasteiger partial charge in [0.1, 0.15) is 6.61 Å². The molecule has 150 valence electrons. The maximum atomic E-state index is 12.3. The molecule has 0 bridgehead atoms. The molecule has 7 nitrogen and oxygen atoms in total. The molecule has 1 aliphatic heterocycles. The number of alkyl carbamates (subject to hydrolysis) is 1. The first kappa shape index (κ1) is 20.2. The molecule has 2 aromatic carbocycles. The second-order valence-corrected chi connectivity index (χ2v) is 8.70. The number of fused-ring (bicyclic) bond motifs is 1. The number of ether oxygens (including phenoxy) is 2. The lowest BCUT2D eigenvalue weighted by Gasteiger charge is -2.33. The minimum absolute atomic E-state index is 0.142. The molecule has 1 amide bonds. The van der Waals surface area contributed by atoms with Gasteiger partial charge in [0, 0.05) is 5.75 Å². The summed E-state index contributed by atoms with van der Waals surface area (Å²) in [5, 5.41) is 2.80. The number of benzene rings is 2. The summed E-state index contributed by atoms with van der Waals surface area (Å²) in [5.41, 5.74) is 1.67. The van der Waals surface area contributed by atoms with Gasteiger partial charge in [-0.25, -0.2) is 9.59 Å². The van der Waals surface area contributed by atoms with Gasteiger partial charge < -0.3 is 14.8 Å². The SMILES string of the molecule is COC(=O)c1ccc2c(c1)S(O)(O)CCCC2NC(=O)OCc1ccccc1. The Morgan fingerprint density at radius 3 is 2.64 bits per heavy atom. The van der Waals surface area contributed by atoms with E-state index in [1.165, 1.54) is 13.2 Å². The standard InChI is InChI=1S/C20H23NO6S/c1-26-19(22)15-9-10-16-17(8-5-11-28(24,25)18(16)12-15)21-20(23)27-13-14-6-3-2-4-7-14/h2-4,6-7,9-10,12,17,24-25H,5,8,11,13H2,1H3,(H,21,23). The van der Waals surface area contributed by atoms with Crippen LogP contribution in [0.3, 0.4) is 0 Å². The minimum Gasteiger partial charge on any atom is -0.465 e. The fraction of sp³-hybridized carbons (Fsp3) is 0.300. The van der Waals surface area contributed by atoms with Crippen molar-refractivity contribution in [3.63, 3.8) is 0 Å². The molecule has 0 fully saturated rings. The number of carbonyl (C=O) groups excluding carboxylic acids is 2. The van der Waals surface area contributed by atoms with E-state index in [1.54, 1.807) is 12.1 Å². The zero-order valence-corrected chi connectivity index (χ0v) is 16.3. The van der Waals surface area contributed by atoms with Gasteiger partial charge in [0.15, 0.2) is 0 Å². The molecule has 1 aliphatic rings. The average molecular weight is 405 g/mol. The lowest BCUT2D eigenvalue weighted by Crippen LogP contribution is -2.29. The second-order valence-electron chi connectivity index (χ2n) is 6.52. The van der Waals surface area contributed by atoms with Crippen LogP contribution in [0.15, 0.2) is 53.4 Å². The summed E-state index contributed by atoms with van der Waals surface area (Å²) in [6.45, 7) is 0.142. The second kappa shape index (κ2) is 8.64. The first-order valence-electron chi connectivity index (χ1n) is 8.86. The largest absolute Gasteiger partial charge is 0.465 e. The predicted octanol–water partition coefficient (Wildman–Crippen LogP) is 4.34. The highest BCUT2D eigenvalue weighted by molar-refractivity contribution is 8.24. The highest BCUT2D eigenvalue weighted by Crippen LogP contribution is 2.54. The van der Waals surface area contributed by atoms with Crippen molar-refractivity contribution >= 4 is 22.7 Å². The Hall–Kier alpha value is -2.55. The highest BCUT2D eigenvalue weighted by Gasteiger charge is 2.30. The average Bonchev–Trinajstić information content (AvgIpc) is 2.82. The normalized spacial score (nSPS) is 18.9. The zero-order valence-electron chi connectivity index (χ0n) is 15.5. The van der Waals surface area contributed by atoms with Crippen molar-refractivity contribution in [2.75, 3.05) is 12.9 Å². The predicted molar refractivity (Wildman–Crippen MR) is 106 cm³/mol. The Kier molecular flexibility index (Phi) is 6.23. The summed E-state index contributed by atoms with van der Waals surface area (Å²) >= 11 is 0. The van der Waals surface area contributed by atoms with E-state index < -0.39 is 28.7 Å². The van der Waals surface area contributed by atoms with E-state index >= 15 is 0 Å². The van der Waals surface area contributed by atoms with E-state index in [-0.39, 0.29) is 22.8 Å². The number of amides is 1. The summed E-state index contributed by atoms with van der Waals surface area (Å²) in [7, 11) is -1.80. The summed E-state index contributed by atoms with van der Waals surface area (Å²) in [5.74, 6) is -0.393. The Bertz CT molecular complexity index is 855. The van der Waals surface area contributed by atoms with Gasteiger partial charge in [-0.2, -0.15) is 10.6 Å². The van der Waals surface area contributed by atoms with Gasteiger partial charge >= 0.3 is 12.1 Å². The molecule has 28 heavy (non-hydrogen) atoms. The van der Waals surface area contributed by atoms with Gasteiger partial charge in [-0.3, -0.25) is 9.11 Å². The molecule has 3 N–H and O–H groups in total. The maximum absolute atomic E-state index is 12.3. The summed E-state index contributed by atoms with van der Waals surface area (Å²) in [4.78, 5) is 24.3. The van der Waals surface area contributed by atoms with Gasteiger partial charge in [-0.15, -0.1) is 0 Å². The zero-order chi connectivity index (χ0) is 20.1. The van der Waals surface area contributed by atoms with Crippen LogP contribution in [0.25, 0.3) is 0 Å². The summed E-state index contributed by atoms with van der Waals surface area (Å²) in [6, 6.07) is 13.5. The van der Waals surface area contributed by atoms with Gasteiger partial charge in [-0.05, 0) is 36.1 Å². The van der Waals surface area contributed by atoms with Crippen LogP contribution in [0.1, 0.15) is 40.4 Å². The quantitative estimate of drug-likeness (QED) is 0.654. The third-order valence-electron chi connectivity index (χ3n) is 4.59. The molecule has 2 aromatic rings. The van der Waals surface area contributed by atoms with Crippen LogP contribution in [0, 0.1) is 0 Å². The Labute approximate surface area is 165 Å². The molecule has 0 aromatic heterocycles. The van der Waals surface area contributed by atoms with E-state index in [0.717, 1.165) is 5.56 Å². The lowest BCUT2D eigenvalue weighted by atomic mass is 10.0. The van der Waals surface area contributed by atoms with Crippen LogP contribution in [-0.4, -0.2) is 34.0 Å². The van der Waals surface area contributed by atoms with Crippen LogP contribution >= 0.6 is 10.6 Å². The third kappa shape index (κ3) is 4.64. The summed E-state index contributed by atoms with van der Waals surface area (Å²) < 4.78 is 31.0. The number of esters is 1. The lowest BCUT2D eigenvalue weighted by molar-refractivity contribution is 0.0600. The highest BCUT2D eigenvalue weighted by atomic mass is 32.3. The first-order valence-corrected chi connectivity index (χ1v) is 10.6. The number of methoxy groups -OCH3 is 1. The van der Waals surface area contributed by atoms with Gasteiger partial charge in [0.05, 0.1) is 23.6 Å². The Morgan fingerprint density at radius 1 is 1.18 bits per heavy atom. The van der Waals surface area contributed by atoms with Crippen LogP contribution in [0.5, 0.6) is 0 Å². The fourth-order valence-electron chi connectivity index (χ4n) is 3.16. The van der Waals surface area contributed by atoms with Crippen molar-refractivity contribution in [2.45, 2.75) is 30.4 Å². The topological polar surface area (TPSA) is 105 Å². The van der Waals surface area contributed by atoms with Crippen LogP contribution in [0.4, 0.5) is 4.79 Å². The number of carbonyl (C=O) groups is 2. The molecule has 1 unspecified atom stereocenters. The van der Waals surface area contributed by atoms with Crippen molar-refractivity contribution in [3.8, 4) is 0 Å². The molecule has 3 rings (SSSR count). The number of hydrogen-bond donors (Lipinski definition) is 3. The van der Waals surface area contributed by atoms with Crippen molar-refractivity contribution in [1.29, 1.82) is 0 Å². The molecule has 0 spiro atoms. The fourth-order valence-corrected chi connectivity index (χ4v) is 4.85. The molecule has 0 radical (unpaired) electrons. The molecule has 8 heteroatoms. The number of rotatable bonds is 4. The molecular formula is C20H23NO6S. The van der Waals surface area contributed by atoms with Crippen molar-refractivity contribution in [3.05, 3.63) is 65.2 Å². The van der Waals surface area contributed by atoms with Crippen LogP contribution < -0.4 is 5.32 Å². The number of hydrogen-bond acceptors (Lipinski definition) is 6. The van der Waals surface area contributed by atoms with Gasteiger partial charge in [0.25, 0.3) is 0 Å². The van der Waals surface area contributed by atoms with E-state index in [2.05, 4.69) is 5.32 Å².